The van der Waals surface area contributed by atoms with Gasteiger partial charge in [0, 0.05) is 7.11 Å². The fourth-order valence-electron chi connectivity index (χ4n) is 1.35. The predicted molar refractivity (Wildman–Crippen MR) is 40.8 cm³/mol. The Morgan fingerprint density at radius 3 is 2.31 bits per heavy atom. The van der Waals surface area contributed by atoms with Crippen LogP contribution in [0.3, 0.4) is 0 Å². The van der Waals surface area contributed by atoms with Crippen molar-refractivity contribution in [3.63, 3.8) is 0 Å². The molecule has 1 aliphatic heterocycles. The molecule has 4 N–H and O–H groups in total. The molecular weight excluding hydrogens is 180 g/mol. The topological polar surface area (TPSA) is 99.4 Å². The molecule has 13 heavy (non-hydrogen) atoms. The van der Waals surface area contributed by atoms with E-state index in [0.29, 0.717) is 0 Å². The first-order valence-corrected chi connectivity index (χ1v) is 3.95. The summed E-state index contributed by atoms with van der Waals surface area (Å²) in [5.74, 6) is 0. The van der Waals surface area contributed by atoms with E-state index >= 15 is 0 Å². The number of rotatable bonds is 2. The van der Waals surface area contributed by atoms with Crippen LogP contribution in [-0.4, -0.2) is 64.8 Å². The molecule has 78 valence electrons. The van der Waals surface area contributed by atoms with Crippen molar-refractivity contribution in [2.45, 2.75) is 30.7 Å². The lowest BCUT2D eigenvalue weighted by Crippen LogP contribution is -2.59. The summed E-state index contributed by atoms with van der Waals surface area (Å²) in [5, 5.41) is 36.6. The second-order valence-corrected chi connectivity index (χ2v) is 2.93. The van der Waals surface area contributed by atoms with Gasteiger partial charge in [0.25, 0.3) is 0 Å². The molecule has 0 unspecified atom stereocenters. The van der Waals surface area contributed by atoms with Crippen molar-refractivity contribution in [2.75, 3.05) is 13.7 Å². The Hall–Kier alpha value is -0.240. The Morgan fingerprint density at radius 1 is 1.23 bits per heavy atom. The van der Waals surface area contributed by atoms with E-state index in [1.807, 2.05) is 0 Å². The van der Waals surface area contributed by atoms with Crippen LogP contribution in [0.4, 0.5) is 0 Å². The zero-order valence-corrected chi connectivity index (χ0v) is 7.20. The van der Waals surface area contributed by atoms with Gasteiger partial charge >= 0.3 is 0 Å². The van der Waals surface area contributed by atoms with Crippen molar-refractivity contribution >= 4 is 0 Å². The molecule has 6 nitrogen and oxygen atoms in total. The standard InChI is InChI=1S/C7H14O6/c1-12-6-4(9)3(2-8)13-7(11)5(6)10/h3-11H,2H2,1H3/t3-,4+,5-,6+,7-/m0/s1. The van der Waals surface area contributed by atoms with Gasteiger partial charge < -0.3 is 29.9 Å². The molecule has 1 saturated heterocycles. The molecule has 0 saturated carbocycles. The fraction of sp³-hybridized carbons (Fsp3) is 1.00. The van der Waals surface area contributed by atoms with E-state index in [-0.39, 0.29) is 0 Å². The number of hydrogen-bond donors (Lipinski definition) is 4. The van der Waals surface area contributed by atoms with Gasteiger partial charge in [0.15, 0.2) is 6.29 Å². The molecule has 5 atom stereocenters. The van der Waals surface area contributed by atoms with Gasteiger partial charge in [-0.1, -0.05) is 0 Å². The Labute approximate surface area is 75.3 Å². The number of methoxy groups -OCH3 is 1. The highest BCUT2D eigenvalue weighted by Gasteiger charge is 2.43. The molecule has 1 heterocycles. The summed E-state index contributed by atoms with van der Waals surface area (Å²) in [6.07, 6.45) is -5.76. The van der Waals surface area contributed by atoms with Gasteiger partial charge in [-0.2, -0.15) is 0 Å². The van der Waals surface area contributed by atoms with E-state index in [2.05, 4.69) is 0 Å². The summed E-state index contributed by atoms with van der Waals surface area (Å²) in [4.78, 5) is 0. The van der Waals surface area contributed by atoms with Crippen molar-refractivity contribution in [1.29, 1.82) is 0 Å². The third-order valence-electron chi connectivity index (χ3n) is 2.11. The molecule has 0 radical (unpaired) electrons. The largest absolute Gasteiger partial charge is 0.394 e. The van der Waals surface area contributed by atoms with Gasteiger partial charge in [-0.3, -0.25) is 0 Å². The molecule has 0 bridgehead atoms. The van der Waals surface area contributed by atoms with Crippen LogP contribution >= 0.6 is 0 Å². The minimum Gasteiger partial charge on any atom is -0.394 e. The zero-order valence-electron chi connectivity index (χ0n) is 7.20. The Balaban J connectivity index is 2.69. The lowest BCUT2D eigenvalue weighted by molar-refractivity contribution is -0.290. The van der Waals surface area contributed by atoms with Crippen molar-refractivity contribution in [3.8, 4) is 0 Å². The number of aliphatic hydroxyl groups excluding tert-OH is 4. The predicted octanol–water partition coefficient (Wildman–Crippen LogP) is -2.57. The van der Waals surface area contributed by atoms with Crippen LogP contribution in [0.1, 0.15) is 0 Å². The normalized spacial score (nSPS) is 46.4. The lowest BCUT2D eigenvalue weighted by atomic mass is 9.99. The van der Waals surface area contributed by atoms with Crippen LogP contribution in [0.15, 0.2) is 0 Å². The first kappa shape index (κ1) is 10.8. The van der Waals surface area contributed by atoms with E-state index in [0.717, 1.165) is 0 Å². The molecule has 1 fully saturated rings. The molecule has 0 aromatic carbocycles. The first-order valence-electron chi connectivity index (χ1n) is 3.95. The third kappa shape index (κ3) is 1.98. The average Bonchev–Trinajstić information content (AvgIpc) is 2.12. The Morgan fingerprint density at radius 2 is 1.85 bits per heavy atom. The molecule has 0 aliphatic carbocycles. The molecule has 0 aromatic rings. The van der Waals surface area contributed by atoms with Gasteiger partial charge in [0.05, 0.1) is 6.61 Å². The van der Waals surface area contributed by atoms with Gasteiger partial charge in [-0.25, -0.2) is 0 Å². The second kappa shape index (κ2) is 4.32. The Kier molecular flexibility index (Phi) is 3.60. The SMILES string of the molecule is CO[C@@H]1[C@H](O)[C@H](CO)O[C@H](O)[C@H]1O. The Bertz CT molecular complexity index is 163. The maximum absolute atomic E-state index is 9.44. The van der Waals surface area contributed by atoms with Crippen LogP contribution in [0.2, 0.25) is 0 Å². The smallest absolute Gasteiger partial charge is 0.184 e. The highest BCUT2D eigenvalue weighted by Crippen LogP contribution is 2.21. The monoisotopic (exact) mass is 194 g/mol. The van der Waals surface area contributed by atoms with Crippen LogP contribution in [0, 0.1) is 0 Å². The van der Waals surface area contributed by atoms with Crippen LogP contribution < -0.4 is 0 Å². The molecule has 0 amide bonds. The summed E-state index contributed by atoms with van der Waals surface area (Å²) in [6.45, 7) is -0.440. The molecule has 0 spiro atoms. The lowest BCUT2D eigenvalue weighted by Gasteiger charge is -2.39. The van der Waals surface area contributed by atoms with Crippen molar-refractivity contribution < 1.29 is 29.9 Å². The molecule has 1 rings (SSSR count). The van der Waals surface area contributed by atoms with E-state index < -0.39 is 37.3 Å². The van der Waals surface area contributed by atoms with Gasteiger partial charge in [-0.15, -0.1) is 0 Å². The minimum absolute atomic E-state index is 0.440. The summed E-state index contributed by atoms with van der Waals surface area (Å²) < 4.78 is 9.48. The van der Waals surface area contributed by atoms with E-state index in [9.17, 15) is 10.2 Å². The molecule has 0 aromatic heterocycles. The van der Waals surface area contributed by atoms with E-state index in [1.165, 1.54) is 7.11 Å². The summed E-state index contributed by atoms with van der Waals surface area (Å²) in [6, 6.07) is 0. The number of aliphatic hydroxyl groups is 4. The van der Waals surface area contributed by atoms with Crippen molar-refractivity contribution in [3.05, 3.63) is 0 Å². The molecule has 1 aliphatic rings. The highest BCUT2D eigenvalue weighted by atomic mass is 16.6. The van der Waals surface area contributed by atoms with Gasteiger partial charge in [-0.05, 0) is 0 Å². The van der Waals surface area contributed by atoms with Crippen LogP contribution in [-0.2, 0) is 9.47 Å². The van der Waals surface area contributed by atoms with Gasteiger partial charge in [0.2, 0.25) is 0 Å². The summed E-state index contributed by atoms with van der Waals surface area (Å²) in [7, 11) is 1.30. The zero-order chi connectivity index (χ0) is 10.0. The third-order valence-corrected chi connectivity index (χ3v) is 2.11. The maximum Gasteiger partial charge on any atom is 0.184 e. The quantitative estimate of drug-likeness (QED) is 0.386. The van der Waals surface area contributed by atoms with E-state index in [4.69, 9.17) is 19.7 Å². The highest BCUT2D eigenvalue weighted by molar-refractivity contribution is 4.89. The molecule has 6 heteroatoms. The van der Waals surface area contributed by atoms with Crippen LogP contribution in [0.5, 0.6) is 0 Å². The fourth-order valence-corrected chi connectivity index (χ4v) is 1.35. The number of ether oxygens (including phenoxy) is 2. The first-order chi connectivity index (χ1) is 6.11. The molecular formula is C7H14O6. The second-order valence-electron chi connectivity index (χ2n) is 2.93. The minimum atomic E-state index is -1.44. The van der Waals surface area contributed by atoms with Crippen LogP contribution in [0.25, 0.3) is 0 Å². The number of hydrogen-bond acceptors (Lipinski definition) is 6. The van der Waals surface area contributed by atoms with Gasteiger partial charge in [0.1, 0.15) is 24.4 Å². The average molecular weight is 194 g/mol. The maximum atomic E-state index is 9.44. The van der Waals surface area contributed by atoms with E-state index in [1.54, 1.807) is 0 Å². The van der Waals surface area contributed by atoms with Crippen molar-refractivity contribution in [2.24, 2.45) is 0 Å². The van der Waals surface area contributed by atoms with Crippen molar-refractivity contribution in [1.82, 2.24) is 0 Å². The summed E-state index contributed by atoms with van der Waals surface area (Å²) in [5.41, 5.74) is 0. The summed E-state index contributed by atoms with van der Waals surface area (Å²) >= 11 is 0.